The molecular weight excluding hydrogens is 188 g/mol. The summed E-state index contributed by atoms with van der Waals surface area (Å²) in [4.78, 5) is 6.52. The van der Waals surface area contributed by atoms with Crippen LogP contribution in [0.3, 0.4) is 0 Å². The molecule has 0 saturated carbocycles. The Bertz CT molecular complexity index is 376. The fraction of sp³-hybridized carbons (Fsp3) is 0.583. The Balaban J connectivity index is 2.47. The van der Waals surface area contributed by atoms with E-state index < -0.39 is 5.60 Å². The summed E-state index contributed by atoms with van der Waals surface area (Å²) in [6, 6.07) is 4.10. The van der Waals surface area contributed by atoms with Crippen molar-refractivity contribution in [1.29, 1.82) is 0 Å². The molecule has 1 N–H and O–H groups in total. The molecule has 0 fully saturated rings. The Morgan fingerprint density at radius 2 is 2.20 bits per heavy atom. The Morgan fingerprint density at radius 3 is 2.80 bits per heavy atom. The van der Waals surface area contributed by atoms with Crippen molar-refractivity contribution in [3.63, 3.8) is 0 Å². The quantitative estimate of drug-likeness (QED) is 0.800. The number of rotatable bonds is 2. The lowest BCUT2D eigenvalue weighted by atomic mass is 9.98. The second kappa shape index (κ2) is 3.49. The minimum atomic E-state index is -0.693. The molecule has 0 bridgehead atoms. The molecule has 0 radical (unpaired) electrons. The monoisotopic (exact) mass is 206 g/mol. The van der Waals surface area contributed by atoms with E-state index in [0.29, 0.717) is 0 Å². The summed E-state index contributed by atoms with van der Waals surface area (Å²) in [6.45, 7) is 2.01. The molecule has 82 valence electrons. The predicted molar refractivity (Wildman–Crippen MR) is 61.1 cm³/mol. The summed E-state index contributed by atoms with van der Waals surface area (Å²) in [5.74, 6) is 0.919. The minimum Gasteiger partial charge on any atom is -0.384 e. The topological polar surface area (TPSA) is 36.4 Å². The van der Waals surface area contributed by atoms with Crippen LogP contribution in [-0.4, -0.2) is 24.2 Å². The van der Waals surface area contributed by atoms with Gasteiger partial charge in [0.25, 0.3) is 0 Å². The molecule has 0 spiro atoms. The number of aromatic nitrogens is 1. The summed E-state index contributed by atoms with van der Waals surface area (Å²) >= 11 is 0. The van der Waals surface area contributed by atoms with Gasteiger partial charge in [-0.2, -0.15) is 0 Å². The molecule has 1 aliphatic rings. The number of nitrogens with zero attached hydrogens (tertiary/aromatic N) is 2. The zero-order valence-electron chi connectivity index (χ0n) is 9.62. The smallest absolute Gasteiger partial charge is 0.128 e. The van der Waals surface area contributed by atoms with E-state index >= 15 is 0 Å². The molecule has 0 unspecified atom stereocenters. The average molecular weight is 206 g/mol. The summed E-state index contributed by atoms with van der Waals surface area (Å²) < 4.78 is 0. The number of aryl methyl sites for hydroxylation is 1. The third-order valence-corrected chi connectivity index (χ3v) is 3.26. The van der Waals surface area contributed by atoms with Crippen LogP contribution in [0, 0.1) is 0 Å². The van der Waals surface area contributed by atoms with Gasteiger partial charge in [-0.25, -0.2) is 4.98 Å². The van der Waals surface area contributed by atoms with Crippen LogP contribution in [-0.2, 0) is 12.0 Å². The van der Waals surface area contributed by atoms with Crippen molar-refractivity contribution in [3.8, 4) is 0 Å². The van der Waals surface area contributed by atoms with Crippen LogP contribution in [0.2, 0.25) is 0 Å². The molecular formula is C12H18N2O. The van der Waals surface area contributed by atoms with Gasteiger partial charge in [-0.15, -0.1) is 0 Å². The number of fused-ring (bicyclic) bond motifs is 1. The fourth-order valence-electron chi connectivity index (χ4n) is 2.14. The summed E-state index contributed by atoms with van der Waals surface area (Å²) in [7, 11) is 3.93. The zero-order valence-corrected chi connectivity index (χ0v) is 9.62. The number of pyridine rings is 1. The van der Waals surface area contributed by atoms with Crippen LogP contribution < -0.4 is 4.90 Å². The molecule has 1 heterocycles. The van der Waals surface area contributed by atoms with E-state index in [1.165, 1.54) is 5.56 Å². The highest BCUT2D eigenvalue weighted by atomic mass is 16.3. The SMILES string of the molecule is CC[C@]1(O)CCc2ccc(N(C)C)nc21. The number of hydrogen-bond donors (Lipinski definition) is 1. The van der Waals surface area contributed by atoms with Gasteiger partial charge in [0.2, 0.25) is 0 Å². The molecule has 0 saturated heterocycles. The number of aliphatic hydroxyl groups is 1. The van der Waals surface area contributed by atoms with Crippen molar-refractivity contribution in [1.82, 2.24) is 4.98 Å². The van der Waals surface area contributed by atoms with Crippen molar-refractivity contribution < 1.29 is 5.11 Å². The van der Waals surface area contributed by atoms with Gasteiger partial charge in [-0.1, -0.05) is 13.0 Å². The molecule has 0 amide bonds. The molecule has 15 heavy (non-hydrogen) atoms. The maximum absolute atomic E-state index is 10.4. The third-order valence-electron chi connectivity index (χ3n) is 3.26. The largest absolute Gasteiger partial charge is 0.384 e. The lowest BCUT2D eigenvalue weighted by Crippen LogP contribution is -2.23. The van der Waals surface area contributed by atoms with E-state index in [4.69, 9.17) is 0 Å². The highest BCUT2D eigenvalue weighted by Crippen LogP contribution is 2.38. The van der Waals surface area contributed by atoms with Gasteiger partial charge < -0.3 is 10.0 Å². The van der Waals surface area contributed by atoms with Crippen molar-refractivity contribution in [3.05, 3.63) is 23.4 Å². The molecule has 3 heteroatoms. The molecule has 2 rings (SSSR count). The van der Waals surface area contributed by atoms with E-state index in [1.807, 2.05) is 32.0 Å². The van der Waals surface area contributed by atoms with Crippen molar-refractivity contribution in [2.24, 2.45) is 0 Å². The Kier molecular flexibility index (Phi) is 2.43. The van der Waals surface area contributed by atoms with E-state index in [9.17, 15) is 5.11 Å². The van der Waals surface area contributed by atoms with E-state index in [2.05, 4.69) is 11.1 Å². The first-order chi connectivity index (χ1) is 7.07. The highest BCUT2D eigenvalue weighted by molar-refractivity contribution is 5.43. The van der Waals surface area contributed by atoms with Gasteiger partial charge in [0.05, 0.1) is 5.69 Å². The van der Waals surface area contributed by atoms with Gasteiger partial charge in [0.1, 0.15) is 11.4 Å². The van der Waals surface area contributed by atoms with E-state index in [1.54, 1.807) is 0 Å². The average Bonchev–Trinajstić information content (AvgIpc) is 2.57. The van der Waals surface area contributed by atoms with E-state index in [0.717, 1.165) is 30.8 Å². The standard InChI is InChI=1S/C12H18N2O/c1-4-12(15)8-7-9-5-6-10(14(2)3)13-11(9)12/h5-6,15H,4,7-8H2,1-3H3/t12-/m0/s1. The van der Waals surface area contributed by atoms with Crippen LogP contribution in [0.5, 0.6) is 0 Å². The predicted octanol–water partition coefficient (Wildman–Crippen LogP) is 1.69. The number of anilines is 1. The Hall–Kier alpha value is -1.09. The maximum Gasteiger partial charge on any atom is 0.128 e. The molecule has 1 aromatic heterocycles. The molecule has 0 aliphatic heterocycles. The Morgan fingerprint density at radius 1 is 1.47 bits per heavy atom. The van der Waals surface area contributed by atoms with Gasteiger partial charge in [-0.05, 0) is 30.9 Å². The summed E-state index contributed by atoms with van der Waals surface area (Å²) in [5.41, 5.74) is 1.39. The fourth-order valence-corrected chi connectivity index (χ4v) is 2.14. The Labute approximate surface area is 90.8 Å². The van der Waals surface area contributed by atoms with Crippen LogP contribution in [0.15, 0.2) is 12.1 Å². The van der Waals surface area contributed by atoms with Gasteiger partial charge in [0.15, 0.2) is 0 Å². The first-order valence-electron chi connectivity index (χ1n) is 5.47. The van der Waals surface area contributed by atoms with Crippen LogP contribution in [0.25, 0.3) is 0 Å². The normalized spacial score (nSPS) is 24.0. The second-order valence-electron chi connectivity index (χ2n) is 4.46. The third kappa shape index (κ3) is 1.61. The van der Waals surface area contributed by atoms with Crippen molar-refractivity contribution >= 4 is 5.82 Å². The first-order valence-corrected chi connectivity index (χ1v) is 5.47. The maximum atomic E-state index is 10.4. The molecule has 1 aliphatic carbocycles. The van der Waals surface area contributed by atoms with Crippen LogP contribution in [0.1, 0.15) is 31.0 Å². The van der Waals surface area contributed by atoms with Crippen LogP contribution >= 0.6 is 0 Å². The molecule has 1 atom stereocenters. The van der Waals surface area contributed by atoms with Crippen LogP contribution in [0.4, 0.5) is 5.82 Å². The lowest BCUT2D eigenvalue weighted by Gasteiger charge is -2.22. The van der Waals surface area contributed by atoms with E-state index in [-0.39, 0.29) is 0 Å². The second-order valence-corrected chi connectivity index (χ2v) is 4.46. The van der Waals surface area contributed by atoms with Gasteiger partial charge >= 0.3 is 0 Å². The molecule has 3 nitrogen and oxygen atoms in total. The van der Waals surface area contributed by atoms with Gasteiger partial charge in [-0.3, -0.25) is 0 Å². The zero-order chi connectivity index (χ0) is 11.1. The molecule has 1 aromatic rings. The highest BCUT2D eigenvalue weighted by Gasteiger charge is 2.36. The molecule has 0 aromatic carbocycles. The minimum absolute atomic E-state index is 0.693. The van der Waals surface area contributed by atoms with Crippen molar-refractivity contribution in [2.45, 2.75) is 31.8 Å². The first kappa shape index (κ1) is 10.4. The summed E-state index contributed by atoms with van der Waals surface area (Å²) in [6.07, 6.45) is 2.49. The lowest BCUT2D eigenvalue weighted by molar-refractivity contribution is 0.0307. The van der Waals surface area contributed by atoms with Gasteiger partial charge in [0, 0.05) is 14.1 Å². The summed E-state index contributed by atoms with van der Waals surface area (Å²) in [5, 5.41) is 10.4. The number of hydrogen-bond acceptors (Lipinski definition) is 3. The van der Waals surface area contributed by atoms with Crippen molar-refractivity contribution in [2.75, 3.05) is 19.0 Å².